The van der Waals surface area contributed by atoms with E-state index in [4.69, 9.17) is 27.2 Å². The van der Waals surface area contributed by atoms with Gasteiger partial charge in [-0.05, 0) is 18.2 Å². The fourth-order valence-electron chi connectivity index (χ4n) is 1.89. The van der Waals surface area contributed by atoms with E-state index in [1.165, 1.54) is 22.5 Å². The van der Waals surface area contributed by atoms with Crippen LogP contribution in [0.2, 0.25) is 5.02 Å². The molecule has 19 heavy (non-hydrogen) atoms. The number of halogens is 1. The van der Waals surface area contributed by atoms with Crippen LogP contribution < -0.4 is 5.73 Å². The van der Waals surface area contributed by atoms with E-state index in [0.717, 1.165) is 0 Å². The number of hydrogen-bond donors (Lipinski definition) is 2. The second-order valence-electron chi connectivity index (χ2n) is 4.23. The summed E-state index contributed by atoms with van der Waals surface area (Å²) in [5.74, 6) is 0. The number of nitrogen functional groups attached to an aromatic ring is 1. The van der Waals surface area contributed by atoms with Gasteiger partial charge in [-0.1, -0.05) is 11.6 Å². The van der Waals surface area contributed by atoms with E-state index >= 15 is 0 Å². The lowest BCUT2D eigenvalue weighted by molar-refractivity contribution is -0.0304. The van der Waals surface area contributed by atoms with Crippen LogP contribution in [-0.4, -0.2) is 50.2 Å². The minimum atomic E-state index is -3.70. The standard InChI is InChI=1S/C11H15ClN2O4S/c12-10-5-8(13)1-2-11(10)19(16,17)14-3-4-18-9(6-14)7-15/h1-2,5,9,15H,3-4,6-7,13H2. The molecule has 1 aromatic carbocycles. The molecule has 1 atom stereocenters. The maximum absolute atomic E-state index is 12.4. The van der Waals surface area contributed by atoms with Gasteiger partial charge in [-0.2, -0.15) is 4.31 Å². The number of morpholine rings is 1. The summed E-state index contributed by atoms with van der Waals surface area (Å²) in [5.41, 5.74) is 5.95. The molecular weight excluding hydrogens is 292 g/mol. The Bertz CT molecular complexity index is 564. The van der Waals surface area contributed by atoms with E-state index < -0.39 is 16.1 Å². The Morgan fingerprint density at radius 3 is 2.89 bits per heavy atom. The molecule has 1 aliphatic rings. The van der Waals surface area contributed by atoms with Crippen molar-refractivity contribution in [1.82, 2.24) is 4.31 Å². The third-order valence-corrected chi connectivity index (χ3v) is 5.23. The number of nitrogens with zero attached hydrogens (tertiary/aromatic N) is 1. The number of ether oxygens (including phenoxy) is 1. The molecule has 0 radical (unpaired) electrons. The zero-order chi connectivity index (χ0) is 14.0. The molecule has 106 valence electrons. The van der Waals surface area contributed by atoms with Crippen molar-refractivity contribution in [2.45, 2.75) is 11.0 Å². The van der Waals surface area contributed by atoms with Crippen LogP contribution >= 0.6 is 11.6 Å². The van der Waals surface area contributed by atoms with E-state index in [2.05, 4.69) is 0 Å². The summed E-state index contributed by atoms with van der Waals surface area (Å²) in [4.78, 5) is 0.0157. The Morgan fingerprint density at radius 2 is 2.26 bits per heavy atom. The quantitative estimate of drug-likeness (QED) is 0.784. The molecule has 8 heteroatoms. The van der Waals surface area contributed by atoms with Crippen molar-refractivity contribution < 1.29 is 18.3 Å². The normalized spacial score (nSPS) is 21.5. The number of nitrogens with two attached hydrogens (primary N) is 1. The summed E-state index contributed by atoms with van der Waals surface area (Å²) in [7, 11) is -3.70. The maximum Gasteiger partial charge on any atom is 0.244 e. The summed E-state index contributed by atoms with van der Waals surface area (Å²) >= 11 is 5.94. The van der Waals surface area contributed by atoms with Crippen LogP contribution in [0.15, 0.2) is 23.1 Å². The van der Waals surface area contributed by atoms with Crippen molar-refractivity contribution in [3.05, 3.63) is 23.2 Å². The first-order valence-corrected chi connectivity index (χ1v) is 7.54. The first kappa shape index (κ1) is 14.5. The van der Waals surface area contributed by atoms with Gasteiger partial charge in [-0.15, -0.1) is 0 Å². The molecule has 0 amide bonds. The molecule has 1 unspecified atom stereocenters. The van der Waals surface area contributed by atoms with Crippen molar-refractivity contribution in [2.24, 2.45) is 0 Å². The van der Waals surface area contributed by atoms with Crippen molar-refractivity contribution in [3.63, 3.8) is 0 Å². The number of rotatable bonds is 3. The molecule has 6 nitrogen and oxygen atoms in total. The molecule has 0 spiro atoms. The maximum atomic E-state index is 12.4. The smallest absolute Gasteiger partial charge is 0.244 e. The topological polar surface area (TPSA) is 92.9 Å². The summed E-state index contributed by atoms with van der Waals surface area (Å²) < 4.78 is 31.4. The number of hydrogen-bond acceptors (Lipinski definition) is 5. The number of aliphatic hydroxyl groups is 1. The lowest BCUT2D eigenvalue weighted by Gasteiger charge is -2.31. The Hall–Kier alpha value is -0.860. The lowest BCUT2D eigenvalue weighted by atomic mass is 10.3. The molecule has 1 aromatic rings. The van der Waals surface area contributed by atoms with Gasteiger partial charge in [0, 0.05) is 18.8 Å². The number of aliphatic hydroxyl groups excluding tert-OH is 1. The SMILES string of the molecule is Nc1ccc(S(=O)(=O)N2CCOC(CO)C2)c(Cl)c1. The van der Waals surface area contributed by atoms with Crippen LogP contribution in [0, 0.1) is 0 Å². The highest BCUT2D eigenvalue weighted by atomic mass is 35.5. The van der Waals surface area contributed by atoms with Crippen LogP contribution in [0.3, 0.4) is 0 Å². The largest absolute Gasteiger partial charge is 0.399 e. The summed E-state index contributed by atoms with van der Waals surface area (Å²) in [6.07, 6.45) is -0.504. The van der Waals surface area contributed by atoms with Crippen LogP contribution in [0.5, 0.6) is 0 Å². The number of sulfonamides is 1. The van der Waals surface area contributed by atoms with E-state index in [0.29, 0.717) is 5.69 Å². The molecule has 1 saturated heterocycles. The third-order valence-electron chi connectivity index (χ3n) is 2.88. The van der Waals surface area contributed by atoms with Gasteiger partial charge in [-0.3, -0.25) is 0 Å². The molecule has 0 aromatic heterocycles. The van der Waals surface area contributed by atoms with Crippen LogP contribution in [-0.2, 0) is 14.8 Å². The van der Waals surface area contributed by atoms with Gasteiger partial charge >= 0.3 is 0 Å². The highest BCUT2D eigenvalue weighted by molar-refractivity contribution is 7.89. The number of benzene rings is 1. The van der Waals surface area contributed by atoms with Gasteiger partial charge in [0.05, 0.1) is 24.3 Å². The van der Waals surface area contributed by atoms with E-state index in [1.807, 2.05) is 0 Å². The van der Waals surface area contributed by atoms with E-state index in [1.54, 1.807) is 0 Å². The van der Waals surface area contributed by atoms with Gasteiger partial charge < -0.3 is 15.6 Å². The van der Waals surface area contributed by atoms with Crippen LogP contribution in [0.25, 0.3) is 0 Å². The Labute approximate surface area is 116 Å². The summed E-state index contributed by atoms with van der Waals surface area (Å²) in [5, 5.41) is 9.14. The highest BCUT2D eigenvalue weighted by Crippen LogP contribution is 2.27. The fourth-order valence-corrected chi connectivity index (χ4v) is 3.87. The van der Waals surface area contributed by atoms with Gasteiger partial charge in [0.15, 0.2) is 0 Å². The minimum absolute atomic E-state index is 0.0157. The zero-order valence-corrected chi connectivity index (χ0v) is 11.7. The highest BCUT2D eigenvalue weighted by Gasteiger charge is 2.31. The Kier molecular flexibility index (Phi) is 4.32. The van der Waals surface area contributed by atoms with Gasteiger partial charge in [0.1, 0.15) is 4.90 Å². The monoisotopic (exact) mass is 306 g/mol. The average molecular weight is 307 g/mol. The third kappa shape index (κ3) is 3.01. The molecular formula is C11H15ClN2O4S. The molecule has 1 fully saturated rings. The van der Waals surface area contributed by atoms with Crippen molar-refractivity contribution >= 4 is 27.3 Å². The van der Waals surface area contributed by atoms with E-state index in [-0.39, 0.29) is 36.2 Å². The fraction of sp³-hybridized carbons (Fsp3) is 0.455. The van der Waals surface area contributed by atoms with Gasteiger partial charge in [-0.25, -0.2) is 8.42 Å². The summed E-state index contributed by atoms with van der Waals surface area (Å²) in [6.45, 7) is 0.373. The second-order valence-corrected chi connectivity index (χ2v) is 6.54. The van der Waals surface area contributed by atoms with Crippen LogP contribution in [0.1, 0.15) is 0 Å². The first-order valence-electron chi connectivity index (χ1n) is 5.73. The first-order chi connectivity index (χ1) is 8.95. The van der Waals surface area contributed by atoms with Gasteiger partial charge in [0.2, 0.25) is 10.0 Å². The van der Waals surface area contributed by atoms with E-state index in [9.17, 15) is 8.42 Å². The minimum Gasteiger partial charge on any atom is -0.399 e. The second kappa shape index (κ2) is 5.64. The van der Waals surface area contributed by atoms with Gasteiger partial charge in [0.25, 0.3) is 0 Å². The number of anilines is 1. The molecule has 3 N–H and O–H groups in total. The zero-order valence-electron chi connectivity index (χ0n) is 10.1. The van der Waals surface area contributed by atoms with Crippen molar-refractivity contribution in [2.75, 3.05) is 32.0 Å². The van der Waals surface area contributed by atoms with Crippen LogP contribution in [0.4, 0.5) is 5.69 Å². The predicted octanol–water partition coefficient (Wildman–Crippen LogP) is 0.304. The Balaban J connectivity index is 2.31. The van der Waals surface area contributed by atoms with Crippen molar-refractivity contribution in [3.8, 4) is 0 Å². The Morgan fingerprint density at radius 1 is 1.53 bits per heavy atom. The summed E-state index contributed by atoms with van der Waals surface area (Å²) in [6, 6.07) is 4.28. The molecule has 0 aliphatic carbocycles. The lowest BCUT2D eigenvalue weighted by Crippen LogP contribution is -2.46. The average Bonchev–Trinajstić information content (AvgIpc) is 2.38. The molecule has 0 saturated carbocycles. The molecule has 1 heterocycles. The molecule has 2 rings (SSSR count). The predicted molar refractivity (Wildman–Crippen MR) is 71.4 cm³/mol. The molecule has 0 bridgehead atoms. The van der Waals surface area contributed by atoms with Crippen molar-refractivity contribution in [1.29, 1.82) is 0 Å². The molecule has 1 aliphatic heterocycles.